The van der Waals surface area contributed by atoms with E-state index in [0.29, 0.717) is 39.6 Å². The molecule has 194 valence electrons. The van der Waals surface area contributed by atoms with E-state index in [2.05, 4.69) is 23.2 Å². The molecule has 0 aliphatic heterocycles. The fraction of sp³-hybridized carbons (Fsp3) is 0.739. The lowest BCUT2D eigenvalue weighted by Gasteiger charge is -2.09. The van der Waals surface area contributed by atoms with Gasteiger partial charge in [0, 0.05) is 0 Å². The van der Waals surface area contributed by atoms with E-state index in [-0.39, 0.29) is 19.4 Å². The Balaban J connectivity index is 0.0000102. The first-order valence-electron chi connectivity index (χ1n) is 11.6. The van der Waals surface area contributed by atoms with Crippen molar-refractivity contribution < 1.29 is 36.1 Å². The molecule has 0 radical (unpaired) electrons. The Morgan fingerprint density at radius 3 is 1.73 bits per heavy atom. The Labute approximate surface area is 199 Å². The SMILES string of the molecule is CCCCCCCCCc1ccc(OCCOCCOCCOCCOS(=O)(=O)O)cc1.N. The van der Waals surface area contributed by atoms with E-state index in [1.807, 2.05) is 12.1 Å². The number of rotatable bonds is 22. The minimum absolute atomic E-state index is 0. The number of hydrogen-bond donors (Lipinski definition) is 2. The van der Waals surface area contributed by atoms with Crippen LogP contribution >= 0.6 is 0 Å². The summed E-state index contributed by atoms with van der Waals surface area (Å²) in [5, 5.41) is 0. The molecule has 1 rings (SSSR count). The summed E-state index contributed by atoms with van der Waals surface area (Å²) in [5.74, 6) is 0.850. The summed E-state index contributed by atoms with van der Waals surface area (Å²) in [7, 11) is -4.40. The van der Waals surface area contributed by atoms with E-state index in [1.54, 1.807) is 0 Å². The molecule has 0 bridgehead atoms. The van der Waals surface area contributed by atoms with Gasteiger partial charge in [-0.2, -0.15) is 8.42 Å². The van der Waals surface area contributed by atoms with Crippen LogP contribution in [0.15, 0.2) is 24.3 Å². The maximum absolute atomic E-state index is 10.3. The van der Waals surface area contributed by atoms with Gasteiger partial charge in [-0.15, -0.1) is 0 Å². The zero-order valence-corrected chi connectivity index (χ0v) is 20.9. The molecular weight excluding hydrogens is 450 g/mol. The first kappa shape index (κ1) is 31.7. The van der Waals surface area contributed by atoms with Gasteiger partial charge in [-0.05, 0) is 30.5 Å². The Morgan fingerprint density at radius 2 is 1.18 bits per heavy atom. The minimum atomic E-state index is -4.40. The first-order valence-corrected chi connectivity index (χ1v) is 12.9. The molecule has 0 saturated heterocycles. The summed E-state index contributed by atoms with van der Waals surface area (Å²) in [6.07, 6.45) is 10.4. The molecular formula is C23H43NO8S. The highest BCUT2D eigenvalue weighted by Crippen LogP contribution is 2.15. The van der Waals surface area contributed by atoms with Crippen molar-refractivity contribution in [1.82, 2.24) is 6.15 Å². The minimum Gasteiger partial charge on any atom is -0.491 e. The van der Waals surface area contributed by atoms with Crippen LogP contribution in [-0.2, 0) is 35.2 Å². The lowest BCUT2D eigenvalue weighted by atomic mass is 10.0. The molecule has 1 aromatic carbocycles. The highest BCUT2D eigenvalue weighted by Gasteiger charge is 2.03. The topological polar surface area (TPSA) is 136 Å². The zero-order valence-electron chi connectivity index (χ0n) is 20.0. The highest BCUT2D eigenvalue weighted by atomic mass is 32.3. The summed E-state index contributed by atoms with van der Waals surface area (Å²) in [4.78, 5) is 0. The summed E-state index contributed by atoms with van der Waals surface area (Å²) < 4.78 is 54.7. The third-order valence-electron chi connectivity index (χ3n) is 4.69. The maximum atomic E-state index is 10.3. The lowest BCUT2D eigenvalue weighted by molar-refractivity contribution is 0.00480. The Morgan fingerprint density at radius 1 is 0.697 bits per heavy atom. The summed E-state index contributed by atoms with van der Waals surface area (Å²) in [5.41, 5.74) is 1.36. The molecule has 0 aliphatic rings. The van der Waals surface area contributed by atoms with Gasteiger partial charge >= 0.3 is 10.4 Å². The Kier molecular flexibility index (Phi) is 20.5. The van der Waals surface area contributed by atoms with Crippen LogP contribution in [0, 0.1) is 0 Å². The van der Waals surface area contributed by atoms with E-state index in [0.717, 1.165) is 12.2 Å². The van der Waals surface area contributed by atoms with Gasteiger partial charge in [0.25, 0.3) is 0 Å². The molecule has 9 nitrogen and oxygen atoms in total. The number of benzene rings is 1. The van der Waals surface area contributed by atoms with Gasteiger partial charge in [0.05, 0.1) is 46.2 Å². The lowest BCUT2D eigenvalue weighted by Crippen LogP contribution is -2.14. The van der Waals surface area contributed by atoms with Gasteiger partial charge in [0.2, 0.25) is 0 Å². The quantitative estimate of drug-likeness (QED) is 0.178. The fourth-order valence-corrected chi connectivity index (χ4v) is 3.28. The predicted octanol–water partition coefficient (Wildman–Crippen LogP) is 4.39. The van der Waals surface area contributed by atoms with Crippen LogP contribution in [0.5, 0.6) is 5.75 Å². The summed E-state index contributed by atoms with van der Waals surface area (Å²) in [6, 6.07) is 8.30. The molecule has 0 unspecified atom stereocenters. The molecule has 33 heavy (non-hydrogen) atoms. The molecule has 0 aliphatic carbocycles. The Hall–Kier alpha value is -1.27. The largest absolute Gasteiger partial charge is 0.491 e. The number of ether oxygens (including phenoxy) is 4. The van der Waals surface area contributed by atoms with Crippen molar-refractivity contribution in [2.24, 2.45) is 0 Å². The van der Waals surface area contributed by atoms with Crippen molar-refractivity contribution >= 4 is 10.4 Å². The molecule has 0 amide bonds. The first-order chi connectivity index (χ1) is 15.5. The van der Waals surface area contributed by atoms with E-state index >= 15 is 0 Å². The van der Waals surface area contributed by atoms with Crippen molar-refractivity contribution in [1.29, 1.82) is 0 Å². The second-order valence-corrected chi connectivity index (χ2v) is 8.54. The van der Waals surface area contributed by atoms with Crippen molar-refractivity contribution in [2.75, 3.05) is 52.9 Å². The molecule has 0 fully saturated rings. The molecule has 1 aromatic rings. The smallest absolute Gasteiger partial charge is 0.397 e. The third kappa shape index (κ3) is 21.0. The summed E-state index contributed by atoms with van der Waals surface area (Å²) in [6.45, 7) is 4.56. The third-order valence-corrected chi connectivity index (χ3v) is 5.16. The van der Waals surface area contributed by atoms with Crippen molar-refractivity contribution in [3.05, 3.63) is 29.8 Å². The number of aryl methyl sites for hydroxylation is 1. The van der Waals surface area contributed by atoms with Gasteiger partial charge in [0.1, 0.15) is 12.4 Å². The molecule has 0 saturated carbocycles. The van der Waals surface area contributed by atoms with E-state index in [1.165, 1.54) is 50.5 Å². The second-order valence-electron chi connectivity index (χ2n) is 7.45. The molecule has 0 spiro atoms. The highest BCUT2D eigenvalue weighted by molar-refractivity contribution is 7.80. The van der Waals surface area contributed by atoms with E-state index in [9.17, 15) is 8.42 Å². The molecule has 0 aromatic heterocycles. The van der Waals surface area contributed by atoms with E-state index < -0.39 is 10.4 Å². The zero-order chi connectivity index (χ0) is 23.3. The van der Waals surface area contributed by atoms with Gasteiger partial charge in [-0.25, -0.2) is 4.18 Å². The number of hydrogen-bond acceptors (Lipinski definition) is 8. The molecule has 0 heterocycles. The van der Waals surface area contributed by atoms with Gasteiger partial charge in [-0.1, -0.05) is 57.6 Å². The average molecular weight is 494 g/mol. The van der Waals surface area contributed by atoms with Crippen LogP contribution in [0.2, 0.25) is 0 Å². The summed E-state index contributed by atoms with van der Waals surface area (Å²) >= 11 is 0. The average Bonchev–Trinajstić information content (AvgIpc) is 2.76. The van der Waals surface area contributed by atoms with Crippen LogP contribution in [-0.4, -0.2) is 65.8 Å². The predicted molar refractivity (Wildman–Crippen MR) is 129 cm³/mol. The van der Waals surface area contributed by atoms with Crippen LogP contribution in [0.3, 0.4) is 0 Å². The molecule has 10 heteroatoms. The van der Waals surface area contributed by atoms with Crippen LogP contribution in [0.25, 0.3) is 0 Å². The number of unbranched alkanes of at least 4 members (excludes halogenated alkanes) is 6. The fourth-order valence-electron chi connectivity index (χ4n) is 3.00. The van der Waals surface area contributed by atoms with Crippen molar-refractivity contribution in [3.63, 3.8) is 0 Å². The standard InChI is InChI=1S/C23H40O8S.H3N/c1-2-3-4-5-6-7-8-9-22-10-12-23(13-11-22)30-20-18-28-16-14-27-15-17-29-19-21-31-32(24,25)26;/h10-13H,2-9,14-21H2,1H3,(H,24,25,26);1H3. The normalized spacial score (nSPS) is 11.3. The van der Waals surface area contributed by atoms with Crippen LogP contribution in [0.1, 0.15) is 57.4 Å². The maximum Gasteiger partial charge on any atom is 0.397 e. The van der Waals surface area contributed by atoms with Crippen molar-refractivity contribution in [2.45, 2.75) is 58.3 Å². The Bertz CT molecular complexity index is 655. The molecule has 4 N–H and O–H groups in total. The monoisotopic (exact) mass is 493 g/mol. The van der Waals surface area contributed by atoms with Crippen molar-refractivity contribution in [3.8, 4) is 5.75 Å². The van der Waals surface area contributed by atoms with Gasteiger partial charge < -0.3 is 25.1 Å². The van der Waals surface area contributed by atoms with Crippen LogP contribution < -0.4 is 10.9 Å². The van der Waals surface area contributed by atoms with Crippen LogP contribution in [0.4, 0.5) is 0 Å². The van der Waals surface area contributed by atoms with Gasteiger partial charge in [-0.3, -0.25) is 4.55 Å². The second kappa shape index (κ2) is 21.3. The molecule has 0 atom stereocenters. The van der Waals surface area contributed by atoms with Gasteiger partial charge in [0.15, 0.2) is 0 Å². The van der Waals surface area contributed by atoms with E-state index in [4.69, 9.17) is 23.5 Å².